The largest absolute Gasteiger partial charge is 0.444 e. The third kappa shape index (κ3) is 4.70. The highest BCUT2D eigenvalue weighted by atomic mass is 19.3. The van der Waals surface area contributed by atoms with Crippen molar-refractivity contribution in [3.05, 3.63) is 24.0 Å². The Morgan fingerprint density at radius 3 is 2.70 bits per heavy atom. The molecule has 2 heterocycles. The Morgan fingerprint density at radius 2 is 2.00 bits per heavy atom. The van der Waals surface area contributed by atoms with E-state index in [-0.39, 0.29) is 19.4 Å². The monoisotopic (exact) mass is 427 g/mol. The standard InChI is InChI=1S/C20H24F3N3O4/c21-16-11-14(25-12-15(30-20(25)28)4-6-18(27)19(22)23)3-5-17(16)24-7-8-26(13-1-2-13)29-10-9-24/h3,5,11,13,15,19H,1-2,4,6-10,12H2/t15-/m0/s1. The molecular weight excluding hydrogens is 403 g/mol. The van der Waals surface area contributed by atoms with Crippen molar-refractivity contribution in [3.8, 4) is 0 Å². The quantitative estimate of drug-likeness (QED) is 0.667. The average molecular weight is 427 g/mol. The number of ether oxygens (including phenoxy) is 1. The molecule has 0 N–H and O–H groups in total. The number of Topliss-reactive ketones (excluding diaryl/α,β-unsaturated/α-hetero) is 1. The van der Waals surface area contributed by atoms with Crippen LogP contribution in [0.15, 0.2) is 18.2 Å². The fraction of sp³-hybridized carbons (Fsp3) is 0.600. The van der Waals surface area contributed by atoms with Gasteiger partial charge in [-0.1, -0.05) is 0 Å². The predicted molar refractivity (Wildman–Crippen MR) is 102 cm³/mol. The lowest BCUT2D eigenvalue weighted by Gasteiger charge is -2.24. The van der Waals surface area contributed by atoms with Crippen molar-refractivity contribution in [2.75, 3.05) is 42.6 Å². The number of anilines is 2. The first-order chi connectivity index (χ1) is 14.4. The predicted octanol–water partition coefficient (Wildman–Crippen LogP) is 2.98. The lowest BCUT2D eigenvalue weighted by Crippen LogP contribution is -2.32. The number of benzene rings is 1. The summed E-state index contributed by atoms with van der Waals surface area (Å²) in [6, 6.07) is 5.00. The summed E-state index contributed by atoms with van der Waals surface area (Å²) < 4.78 is 44.6. The molecule has 1 aliphatic carbocycles. The van der Waals surface area contributed by atoms with E-state index in [1.165, 1.54) is 11.0 Å². The molecule has 0 spiro atoms. The highest BCUT2D eigenvalue weighted by molar-refractivity contribution is 5.90. The topological polar surface area (TPSA) is 62.3 Å². The van der Waals surface area contributed by atoms with E-state index in [2.05, 4.69) is 0 Å². The fourth-order valence-electron chi connectivity index (χ4n) is 3.77. The molecule has 164 valence electrons. The molecule has 0 bridgehead atoms. The van der Waals surface area contributed by atoms with Gasteiger partial charge in [-0.05, 0) is 37.5 Å². The summed E-state index contributed by atoms with van der Waals surface area (Å²) >= 11 is 0. The Balaban J connectivity index is 1.38. The molecule has 0 unspecified atom stereocenters. The second-order valence-corrected chi connectivity index (χ2v) is 7.75. The number of cyclic esters (lactones) is 1. The molecule has 3 fully saturated rings. The number of rotatable bonds is 7. The molecular formula is C20H24F3N3O4. The summed E-state index contributed by atoms with van der Waals surface area (Å²) in [6.45, 7) is 2.46. The number of halogens is 3. The molecule has 1 aromatic carbocycles. The maximum atomic E-state index is 14.9. The molecule has 2 saturated heterocycles. The van der Waals surface area contributed by atoms with E-state index < -0.39 is 30.2 Å². The first kappa shape index (κ1) is 20.9. The van der Waals surface area contributed by atoms with Crippen LogP contribution in [0, 0.1) is 5.82 Å². The number of hydrogen-bond acceptors (Lipinski definition) is 6. The number of hydroxylamine groups is 2. The molecule has 1 amide bonds. The Kier molecular flexibility index (Phi) is 6.14. The first-order valence-corrected chi connectivity index (χ1v) is 10.2. The van der Waals surface area contributed by atoms with E-state index in [9.17, 15) is 22.8 Å². The molecule has 0 aromatic heterocycles. The summed E-state index contributed by atoms with van der Waals surface area (Å²) in [5.41, 5.74) is 0.765. The van der Waals surface area contributed by atoms with Gasteiger partial charge in [0, 0.05) is 32.1 Å². The summed E-state index contributed by atoms with van der Waals surface area (Å²) in [7, 11) is 0. The van der Waals surface area contributed by atoms with Crippen LogP contribution in [0.5, 0.6) is 0 Å². The smallest absolute Gasteiger partial charge is 0.414 e. The summed E-state index contributed by atoms with van der Waals surface area (Å²) in [6.07, 6.45) is -2.49. The Labute approximate surface area is 172 Å². The third-order valence-corrected chi connectivity index (χ3v) is 5.58. The van der Waals surface area contributed by atoms with Gasteiger partial charge in [-0.15, -0.1) is 0 Å². The molecule has 7 nitrogen and oxygen atoms in total. The van der Waals surface area contributed by atoms with Crippen LogP contribution in [0.4, 0.5) is 29.3 Å². The van der Waals surface area contributed by atoms with Crippen molar-refractivity contribution in [2.24, 2.45) is 0 Å². The van der Waals surface area contributed by atoms with Gasteiger partial charge in [-0.3, -0.25) is 14.5 Å². The molecule has 30 heavy (non-hydrogen) atoms. The van der Waals surface area contributed by atoms with Gasteiger partial charge in [0.05, 0.1) is 24.5 Å². The average Bonchev–Trinajstić information content (AvgIpc) is 3.51. The van der Waals surface area contributed by atoms with E-state index >= 15 is 0 Å². The number of amides is 1. The third-order valence-electron chi connectivity index (χ3n) is 5.58. The second-order valence-electron chi connectivity index (χ2n) is 7.75. The van der Waals surface area contributed by atoms with Crippen molar-refractivity contribution in [1.82, 2.24) is 5.06 Å². The van der Waals surface area contributed by atoms with Gasteiger partial charge in [0.2, 0.25) is 0 Å². The van der Waals surface area contributed by atoms with Crippen LogP contribution >= 0.6 is 0 Å². The van der Waals surface area contributed by atoms with Crippen LogP contribution in [-0.4, -0.2) is 68.3 Å². The van der Waals surface area contributed by atoms with Crippen LogP contribution in [0.2, 0.25) is 0 Å². The highest BCUT2D eigenvalue weighted by Gasteiger charge is 2.34. The Morgan fingerprint density at radius 1 is 1.20 bits per heavy atom. The molecule has 2 aliphatic heterocycles. The molecule has 1 saturated carbocycles. The van der Waals surface area contributed by atoms with Gasteiger partial charge in [0.15, 0.2) is 5.78 Å². The van der Waals surface area contributed by atoms with Crippen LogP contribution in [-0.2, 0) is 14.4 Å². The molecule has 3 aliphatic rings. The van der Waals surface area contributed by atoms with E-state index in [1.54, 1.807) is 12.1 Å². The minimum Gasteiger partial charge on any atom is -0.444 e. The van der Waals surface area contributed by atoms with Crippen molar-refractivity contribution in [2.45, 2.75) is 44.3 Å². The molecule has 0 radical (unpaired) electrons. The van der Waals surface area contributed by atoms with Gasteiger partial charge in [-0.2, -0.15) is 5.06 Å². The zero-order valence-electron chi connectivity index (χ0n) is 16.4. The maximum absolute atomic E-state index is 14.9. The zero-order valence-corrected chi connectivity index (χ0v) is 16.4. The van der Waals surface area contributed by atoms with Crippen molar-refractivity contribution >= 4 is 23.3 Å². The minimum absolute atomic E-state index is 0.0112. The van der Waals surface area contributed by atoms with Gasteiger partial charge in [0.1, 0.15) is 11.9 Å². The van der Waals surface area contributed by atoms with Crippen LogP contribution in [0.25, 0.3) is 0 Å². The van der Waals surface area contributed by atoms with Gasteiger partial charge >= 0.3 is 6.09 Å². The lowest BCUT2D eigenvalue weighted by atomic mass is 10.1. The first-order valence-electron chi connectivity index (χ1n) is 10.2. The number of hydrogen-bond donors (Lipinski definition) is 0. The van der Waals surface area contributed by atoms with Gasteiger partial charge in [0.25, 0.3) is 6.43 Å². The van der Waals surface area contributed by atoms with Crippen molar-refractivity contribution in [1.29, 1.82) is 0 Å². The Hall–Kier alpha value is -2.33. The van der Waals surface area contributed by atoms with Crippen LogP contribution < -0.4 is 9.80 Å². The van der Waals surface area contributed by atoms with Gasteiger partial charge < -0.3 is 9.64 Å². The number of alkyl halides is 2. The molecule has 4 rings (SSSR count). The molecule has 1 atom stereocenters. The highest BCUT2D eigenvalue weighted by Crippen LogP contribution is 2.31. The van der Waals surface area contributed by atoms with Gasteiger partial charge in [-0.25, -0.2) is 18.0 Å². The summed E-state index contributed by atoms with van der Waals surface area (Å²) in [4.78, 5) is 32.1. The molecule has 1 aromatic rings. The minimum atomic E-state index is -3.03. The second kappa shape index (κ2) is 8.81. The number of ketones is 1. The van der Waals surface area contributed by atoms with Crippen LogP contribution in [0.3, 0.4) is 0 Å². The van der Waals surface area contributed by atoms with E-state index in [1.807, 2.05) is 9.96 Å². The Bertz CT molecular complexity index is 806. The maximum Gasteiger partial charge on any atom is 0.414 e. The van der Waals surface area contributed by atoms with Crippen molar-refractivity contribution < 1.29 is 32.3 Å². The van der Waals surface area contributed by atoms with Crippen LogP contribution in [0.1, 0.15) is 25.7 Å². The van der Waals surface area contributed by atoms with Crippen molar-refractivity contribution in [3.63, 3.8) is 0 Å². The van der Waals surface area contributed by atoms with E-state index in [4.69, 9.17) is 9.57 Å². The van der Waals surface area contributed by atoms with E-state index in [0.29, 0.717) is 43.7 Å². The fourth-order valence-corrected chi connectivity index (χ4v) is 3.77. The van der Waals surface area contributed by atoms with E-state index in [0.717, 1.165) is 12.8 Å². The summed E-state index contributed by atoms with van der Waals surface area (Å²) in [5.74, 6) is -1.64. The number of carbonyl (C=O) groups is 2. The summed E-state index contributed by atoms with van der Waals surface area (Å²) in [5, 5.41) is 1.98. The lowest BCUT2D eigenvalue weighted by molar-refractivity contribution is -0.154. The SMILES string of the molecule is O=C(CC[C@H]1CN(c2ccc(N3CCON(C4CC4)CC3)c(F)c2)C(=O)O1)C(F)F. The number of carbonyl (C=O) groups excluding carboxylic acids is 2. The molecule has 10 heteroatoms. The normalized spacial score (nSPS) is 23.1. The number of nitrogens with zero attached hydrogens (tertiary/aromatic N) is 3. The zero-order chi connectivity index (χ0) is 21.3.